The molecule has 6 aliphatic heterocycles. The van der Waals surface area contributed by atoms with Crippen LogP contribution in [0.5, 0.6) is 5.75 Å². The Kier molecular flexibility index (Phi) is 6.18. The van der Waals surface area contributed by atoms with Crippen LogP contribution in [-0.4, -0.2) is 80.1 Å². The van der Waals surface area contributed by atoms with Gasteiger partial charge in [0.2, 0.25) is 0 Å². The highest BCUT2D eigenvalue weighted by Gasteiger charge is 2.41. The zero-order chi connectivity index (χ0) is 22.0. The zero-order valence-corrected chi connectivity index (χ0v) is 19.5. The van der Waals surface area contributed by atoms with Gasteiger partial charge in [0.25, 0.3) is 0 Å². The Morgan fingerprint density at radius 2 is 1.70 bits per heavy atom. The lowest BCUT2D eigenvalue weighted by Crippen LogP contribution is -2.61. The highest BCUT2D eigenvalue weighted by atomic mass is 16.5. The number of anilines is 1. The van der Waals surface area contributed by atoms with Gasteiger partial charge in [-0.05, 0) is 43.9 Å². The Balaban J connectivity index is 0.000000145. The van der Waals surface area contributed by atoms with Crippen molar-refractivity contribution < 1.29 is 9.47 Å². The molecule has 0 aromatic heterocycles. The van der Waals surface area contributed by atoms with Gasteiger partial charge in [0, 0.05) is 61.8 Å². The van der Waals surface area contributed by atoms with E-state index in [-0.39, 0.29) is 6.17 Å². The van der Waals surface area contributed by atoms with E-state index in [1.54, 1.807) is 0 Å². The first-order valence-corrected chi connectivity index (χ1v) is 12.8. The predicted molar refractivity (Wildman–Crippen MR) is 130 cm³/mol. The summed E-state index contributed by atoms with van der Waals surface area (Å²) in [4.78, 5) is 5.21. The summed E-state index contributed by atoms with van der Waals surface area (Å²) in [7, 11) is 0. The fraction of sp³-hybridized carbons (Fsp3) is 0.615. The lowest BCUT2D eigenvalue weighted by molar-refractivity contribution is 0.0542. The number of morpholine rings is 1. The average Bonchev–Trinajstić information content (AvgIpc) is 3.00. The third-order valence-corrected chi connectivity index (χ3v) is 8.04. The number of dihydropyridines is 1. The summed E-state index contributed by atoms with van der Waals surface area (Å²) in [5, 5.41) is 10.3. The van der Waals surface area contributed by atoms with Crippen LogP contribution in [-0.2, 0) is 4.74 Å². The lowest BCUT2D eigenvalue weighted by Gasteiger charge is -2.45. The van der Waals surface area contributed by atoms with E-state index in [1.807, 2.05) is 30.5 Å². The molecule has 7 heteroatoms. The van der Waals surface area contributed by atoms with Crippen molar-refractivity contribution in [1.29, 1.82) is 0 Å². The zero-order valence-electron chi connectivity index (χ0n) is 19.5. The van der Waals surface area contributed by atoms with Crippen LogP contribution in [0.1, 0.15) is 32.1 Å². The van der Waals surface area contributed by atoms with E-state index in [9.17, 15) is 0 Å². The molecule has 2 bridgehead atoms. The van der Waals surface area contributed by atoms with Crippen molar-refractivity contribution in [2.75, 3.05) is 51.3 Å². The number of fused-ring (bicyclic) bond motifs is 4. The van der Waals surface area contributed by atoms with Crippen molar-refractivity contribution in [2.24, 2.45) is 0 Å². The number of piperidine rings is 1. The highest BCUT2D eigenvalue weighted by Crippen LogP contribution is 2.37. The van der Waals surface area contributed by atoms with Gasteiger partial charge in [-0.2, -0.15) is 0 Å². The molecule has 1 aromatic rings. The second kappa shape index (κ2) is 9.57. The normalized spacial score (nSPS) is 31.0. The maximum Gasteiger partial charge on any atom is 0.142 e. The van der Waals surface area contributed by atoms with E-state index in [0.29, 0.717) is 6.61 Å². The van der Waals surface area contributed by atoms with Gasteiger partial charge in [-0.15, -0.1) is 0 Å². The summed E-state index contributed by atoms with van der Waals surface area (Å²) in [5.41, 5.74) is 3.53. The summed E-state index contributed by atoms with van der Waals surface area (Å²) >= 11 is 0. The molecule has 178 valence electrons. The molecule has 0 saturated carbocycles. The fourth-order valence-corrected chi connectivity index (χ4v) is 6.24. The van der Waals surface area contributed by atoms with Crippen LogP contribution in [0, 0.1) is 0 Å². The average molecular weight is 452 g/mol. The molecule has 7 nitrogen and oxygen atoms in total. The second-order valence-electron chi connectivity index (χ2n) is 9.95. The number of rotatable bonds is 2. The molecular weight excluding hydrogens is 414 g/mol. The second-order valence-corrected chi connectivity index (χ2v) is 9.95. The van der Waals surface area contributed by atoms with E-state index in [2.05, 4.69) is 31.8 Å². The van der Waals surface area contributed by atoms with E-state index in [4.69, 9.17) is 9.47 Å². The molecule has 0 radical (unpaired) electrons. The maximum atomic E-state index is 5.99. The minimum absolute atomic E-state index is 0.0801. The van der Waals surface area contributed by atoms with Crippen molar-refractivity contribution >= 4 is 5.69 Å². The standard InChI is InChI=1S/C16H19N3O2.C10H18N2/c1-2-4-15-13(3-1)18-16-12(11-21-15)14(5-6-17-16)19-7-9-20-10-8-19;1-2-8-4-5-9(3-1)12(8)10-6-11-7-10/h1-6,16-18H,7-11H2;8-11H,1-7H2/t;8-,9-/m.1/s1. The number of nitrogens with zero attached hydrogens (tertiary/aromatic N) is 2. The van der Waals surface area contributed by atoms with Crippen molar-refractivity contribution in [2.45, 2.75) is 56.4 Å². The summed E-state index contributed by atoms with van der Waals surface area (Å²) < 4.78 is 11.4. The minimum atomic E-state index is 0.0801. The Morgan fingerprint density at radius 3 is 2.45 bits per heavy atom. The number of hydrogen-bond acceptors (Lipinski definition) is 7. The Morgan fingerprint density at radius 1 is 0.909 bits per heavy atom. The van der Waals surface area contributed by atoms with Crippen molar-refractivity contribution in [1.82, 2.24) is 20.4 Å². The van der Waals surface area contributed by atoms with Crippen molar-refractivity contribution in [3.05, 3.63) is 47.8 Å². The number of hydrogen-bond donors (Lipinski definition) is 3. The number of benzene rings is 1. The molecular formula is C26H37N5O2. The number of nitrogens with one attached hydrogen (secondary N) is 3. The molecule has 6 heterocycles. The number of allylic oxidation sites excluding steroid dienone is 1. The van der Waals surface area contributed by atoms with Crippen LogP contribution in [0.25, 0.3) is 0 Å². The third-order valence-electron chi connectivity index (χ3n) is 8.04. The molecule has 1 aromatic carbocycles. The lowest BCUT2D eigenvalue weighted by atomic mass is 9.98. The van der Waals surface area contributed by atoms with Crippen molar-refractivity contribution in [3.8, 4) is 5.75 Å². The van der Waals surface area contributed by atoms with Gasteiger partial charge in [-0.3, -0.25) is 4.90 Å². The maximum absolute atomic E-state index is 5.99. The van der Waals surface area contributed by atoms with Gasteiger partial charge in [0.15, 0.2) is 0 Å². The SMILES string of the molecule is C1=CC(N2CCOCC2)=C2COc3ccccc3NC2N1.C1C[C@@H]2CC[C@@H](C1)N2C1CNC1. The van der Waals surface area contributed by atoms with Gasteiger partial charge >= 0.3 is 0 Å². The first-order chi connectivity index (χ1) is 16.4. The number of para-hydroxylation sites is 2. The first-order valence-electron chi connectivity index (χ1n) is 12.8. The summed E-state index contributed by atoms with van der Waals surface area (Å²) in [6.07, 6.45) is 11.7. The van der Waals surface area contributed by atoms with Gasteiger partial charge in [0.1, 0.15) is 18.5 Å². The Bertz CT molecular complexity index is 876. The molecule has 3 N–H and O–H groups in total. The van der Waals surface area contributed by atoms with Crippen LogP contribution in [0.3, 0.4) is 0 Å². The molecule has 4 saturated heterocycles. The molecule has 1 unspecified atom stereocenters. The quantitative estimate of drug-likeness (QED) is 0.639. The number of ether oxygens (including phenoxy) is 2. The van der Waals surface area contributed by atoms with E-state index in [0.717, 1.165) is 55.9 Å². The molecule has 0 amide bonds. The Labute approximate surface area is 197 Å². The predicted octanol–water partition coefficient (Wildman–Crippen LogP) is 2.50. The van der Waals surface area contributed by atoms with E-state index in [1.165, 1.54) is 56.5 Å². The first kappa shape index (κ1) is 21.3. The monoisotopic (exact) mass is 451 g/mol. The van der Waals surface area contributed by atoms with Gasteiger partial charge in [0.05, 0.1) is 18.9 Å². The summed E-state index contributed by atoms with van der Waals surface area (Å²) in [6.45, 7) is 6.55. The fourth-order valence-electron chi connectivity index (χ4n) is 6.24. The van der Waals surface area contributed by atoms with Crippen LogP contribution in [0.15, 0.2) is 47.8 Å². The Hall–Kier alpha value is -2.22. The molecule has 0 aliphatic carbocycles. The van der Waals surface area contributed by atoms with Crippen LogP contribution >= 0.6 is 0 Å². The molecule has 0 spiro atoms. The van der Waals surface area contributed by atoms with Gasteiger partial charge in [-0.25, -0.2) is 0 Å². The van der Waals surface area contributed by atoms with Crippen LogP contribution in [0.4, 0.5) is 5.69 Å². The van der Waals surface area contributed by atoms with Gasteiger partial charge < -0.3 is 30.3 Å². The molecule has 33 heavy (non-hydrogen) atoms. The molecule has 3 atom stereocenters. The largest absolute Gasteiger partial charge is 0.487 e. The smallest absolute Gasteiger partial charge is 0.142 e. The van der Waals surface area contributed by atoms with Crippen LogP contribution in [0.2, 0.25) is 0 Å². The van der Waals surface area contributed by atoms with E-state index < -0.39 is 0 Å². The molecule has 7 rings (SSSR count). The van der Waals surface area contributed by atoms with Gasteiger partial charge in [-0.1, -0.05) is 18.6 Å². The van der Waals surface area contributed by atoms with Crippen LogP contribution < -0.4 is 20.7 Å². The summed E-state index contributed by atoms with van der Waals surface area (Å²) in [5.74, 6) is 0.905. The minimum Gasteiger partial charge on any atom is -0.487 e. The highest BCUT2D eigenvalue weighted by molar-refractivity contribution is 5.59. The van der Waals surface area contributed by atoms with Crippen molar-refractivity contribution in [3.63, 3.8) is 0 Å². The molecule has 4 fully saturated rings. The topological polar surface area (TPSA) is 61.0 Å². The third kappa shape index (κ3) is 4.34. The molecule has 6 aliphatic rings. The summed E-state index contributed by atoms with van der Waals surface area (Å²) in [6, 6.07) is 10.9. The van der Waals surface area contributed by atoms with E-state index >= 15 is 0 Å².